The Labute approximate surface area is 150 Å². The van der Waals surface area contributed by atoms with Crippen molar-refractivity contribution >= 4 is 11.9 Å². The summed E-state index contributed by atoms with van der Waals surface area (Å²) in [6.07, 6.45) is 0. The molecule has 1 N–H and O–H groups in total. The maximum atomic E-state index is 12.0. The number of amides is 1. The van der Waals surface area contributed by atoms with Crippen LogP contribution in [0.15, 0.2) is 42.5 Å². The van der Waals surface area contributed by atoms with E-state index >= 15 is 0 Å². The number of carbonyl (C=O) groups excluding carboxylic acids is 2. The molecule has 2 aromatic carbocycles. The monoisotopic (exact) mass is 352 g/mol. The standard InChI is InChI=1S/C19H16N2O5/c1-12(14-5-6-16-17(8-14)26-11-25-16)21-18(22)10-24-19(23)15-4-2-3-13(7-15)9-20/h2-8,12H,10-11H2,1H3,(H,21,22). The number of rotatable bonds is 5. The highest BCUT2D eigenvalue weighted by molar-refractivity contribution is 5.91. The van der Waals surface area contributed by atoms with Gasteiger partial charge in [0.1, 0.15) is 0 Å². The zero-order valence-corrected chi connectivity index (χ0v) is 14.0. The second-order valence-corrected chi connectivity index (χ2v) is 5.67. The summed E-state index contributed by atoms with van der Waals surface area (Å²) in [6.45, 7) is 1.58. The van der Waals surface area contributed by atoms with E-state index in [0.717, 1.165) is 5.56 Å². The number of hydrogen-bond donors (Lipinski definition) is 1. The molecule has 1 aliphatic heterocycles. The lowest BCUT2D eigenvalue weighted by Crippen LogP contribution is -2.31. The molecule has 26 heavy (non-hydrogen) atoms. The Kier molecular flexibility index (Phi) is 5.04. The molecule has 1 aliphatic rings. The third-order valence-electron chi connectivity index (χ3n) is 3.84. The molecule has 7 nitrogen and oxygen atoms in total. The Balaban J connectivity index is 1.53. The highest BCUT2D eigenvalue weighted by Gasteiger charge is 2.17. The molecule has 0 spiro atoms. The van der Waals surface area contributed by atoms with Crippen molar-refractivity contribution in [3.63, 3.8) is 0 Å². The fourth-order valence-electron chi connectivity index (χ4n) is 2.48. The first-order valence-corrected chi connectivity index (χ1v) is 7.93. The van der Waals surface area contributed by atoms with Crippen LogP contribution in [0.25, 0.3) is 0 Å². The lowest BCUT2D eigenvalue weighted by molar-refractivity contribution is -0.124. The Morgan fingerprint density at radius 1 is 1.23 bits per heavy atom. The molecule has 0 saturated carbocycles. The maximum absolute atomic E-state index is 12.0. The minimum Gasteiger partial charge on any atom is -0.454 e. The van der Waals surface area contributed by atoms with Gasteiger partial charge in [0, 0.05) is 0 Å². The van der Waals surface area contributed by atoms with Crippen LogP contribution in [0.1, 0.15) is 34.5 Å². The highest BCUT2D eigenvalue weighted by Crippen LogP contribution is 2.34. The van der Waals surface area contributed by atoms with E-state index in [0.29, 0.717) is 17.1 Å². The number of hydrogen-bond acceptors (Lipinski definition) is 6. The highest BCUT2D eigenvalue weighted by atomic mass is 16.7. The predicted octanol–water partition coefficient (Wildman–Crippen LogP) is 2.32. The summed E-state index contributed by atoms with van der Waals surface area (Å²) in [5.41, 5.74) is 1.41. The fraction of sp³-hybridized carbons (Fsp3) is 0.211. The first kappa shape index (κ1) is 17.3. The Hall–Kier alpha value is -3.53. The number of carbonyl (C=O) groups is 2. The van der Waals surface area contributed by atoms with Crippen LogP contribution in [0.3, 0.4) is 0 Å². The largest absolute Gasteiger partial charge is 0.454 e. The Morgan fingerprint density at radius 3 is 2.85 bits per heavy atom. The first-order valence-electron chi connectivity index (χ1n) is 7.93. The van der Waals surface area contributed by atoms with Gasteiger partial charge in [0.25, 0.3) is 5.91 Å². The first-order chi connectivity index (χ1) is 12.6. The van der Waals surface area contributed by atoms with E-state index in [1.807, 2.05) is 19.1 Å². The number of nitrogens with zero attached hydrogens (tertiary/aromatic N) is 1. The lowest BCUT2D eigenvalue weighted by atomic mass is 10.1. The summed E-state index contributed by atoms with van der Waals surface area (Å²) in [5, 5.41) is 11.6. The third kappa shape index (κ3) is 3.92. The third-order valence-corrected chi connectivity index (χ3v) is 3.84. The van der Waals surface area contributed by atoms with Crippen molar-refractivity contribution < 1.29 is 23.8 Å². The molecule has 0 fully saturated rings. The van der Waals surface area contributed by atoms with Gasteiger partial charge in [0.2, 0.25) is 6.79 Å². The quantitative estimate of drug-likeness (QED) is 0.830. The van der Waals surface area contributed by atoms with Crippen molar-refractivity contribution in [3.05, 3.63) is 59.2 Å². The summed E-state index contributed by atoms with van der Waals surface area (Å²) < 4.78 is 15.6. The topological polar surface area (TPSA) is 97.7 Å². The van der Waals surface area contributed by atoms with Crippen molar-refractivity contribution in [2.45, 2.75) is 13.0 Å². The van der Waals surface area contributed by atoms with Gasteiger partial charge in [-0.1, -0.05) is 12.1 Å². The van der Waals surface area contributed by atoms with Crippen LogP contribution in [0.5, 0.6) is 11.5 Å². The van der Waals surface area contributed by atoms with Crippen LogP contribution in [0, 0.1) is 11.3 Å². The molecule has 0 radical (unpaired) electrons. The van der Waals surface area contributed by atoms with Crippen LogP contribution >= 0.6 is 0 Å². The van der Waals surface area contributed by atoms with Gasteiger partial charge < -0.3 is 19.5 Å². The van der Waals surface area contributed by atoms with E-state index in [4.69, 9.17) is 19.5 Å². The van der Waals surface area contributed by atoms with Gasteiger partial charge in [0.05, 0.1) is 23.2 Å². The van der Waals surface area contributed by atoms with Gasteiger partial charge in [-0.15, -0.1) is 0 Å². The van der Waals surface area contributed by atoms with Crippen molar-refractivity contribution in [2.24, 2.45) is 0 Å². The molecule has 132 valence electrons. The molecule has 0 bridgehead atoms. The summed E-state index contributed by atoms with van der Waals surface area (Å²) in [7, 11) is 0. The van der Waals surface area contributed by atoms with Gasteiger partial charge in [0.15, 0.2) is 18.1 Å². The van der Waals surface area contributed by atoms with Crippen LogP contribution < -0.4 is 14.8 Å². The lowest BCUT2D eigenvalue weighted by Gasteiger charge is -2.15. The number of ether oxygens (including phenoxy) is 3. The van der Waals surface area contributed by atoms with E-state index in [-0.39, 0.29) is 18.4 Å². The van der Waals surface area contributed by atoms with E-state index in [1.165, 1.54) is 12.1 Å². The molecular formula is C19H16N2O5. The molecule has 0 aliphatic carbocycles. The number of benzene rings is 2. The van der Waals surface area contributed by atoms with Crippen molar-refractivity contribution in [1.82, 2.24) is 5.32 Å². The average molecular weight is 352 g/mol. The minimum absolute atomic E-state index is 0.183. The molecule has 0 saturated heterocycles. The zero-order chi connectivity index (χ0) is 18.5. The molecule has 3 rings (SSSR count). The smallest absolute Gasteiger partial charge is 0.338 e. The molecule has 1 atom stereocenters. The molecular weight excluding hydrogens is 336 g/mol. The molecule has 1 heterocycles. The molecule has 2 aromatic rings. The van der Waals surface area contributed by atoms with E-state index in [2.05, 4.69) is 5.32 Å². The Bertz CT molecular complexity index is 888. The van der Waals surface area contributed by atoms with Crippen LogP contribution in [-0.4, -0.2) is 25.3 Å². The predicted molar refractivity (Wildman–Crippen MR) is 90.6 cm³/mol. The SMILES string of the molecule is CC(NC(=O)COC(=O)c1cccc(C#N)c1)c1ccc2c(c1)OCO2. The second-order valence-electron chi connectivity index (χ2n) is 5.67. The van der Waals surface area contributed by atoms with Crippen molar-refractivity contribution in [3.8, 4) is 17.6 Å². The van der Waals surface area contributed by atoms with E-state index in [1.54, 1.807) is 24.3 Å². The van der Waals surface area contributed by atoms with Crippen LogP contribution in [0.2, 0.25) is 0 Å². The second kappa shape index (κ2) is 7.57. The van der Waals surface area contributed by atoms with Gasteiger partial charge in [-0.25, -0.2) is 4.79 Å². The maximum Gasteiger partial charge on any atom is 0.338 e. The van der Waals surface area contributed by atoms with E-state index < -0.39 is 18.5 Å². The molecule has 1 amide bonds. The van der Waals surface area contributed by atoms with Gasteiger partial charge in [-0.3, -0.25) is 4.79 Å². The van der Waals surface area contributed by atoms with Crippen molar-refractivity contribution in [1.29, 1.82) is 5.26 Å². The van der Waals surface area contributed by atoms with Gasteiger partial charge >= 0.3 is 5.97 Å². The number of esters is 1. The summed E-state index contributed by atoms with van der Waals surface area (Å²) >= 11 is 0. The van der Waals surface area contributed by atoms with Crippen LogP contribution in [-0.2, 0) is 9.53 Å². The van der Waals surface area contributed by atoms with E-state index in [9.17, 15) is 9.59 Å². The molecule has 1 unspecified atom stereocenters. The summed E-state index contributed by atoms with van der Waals surface area (Å²) in [6, 6.07) is 13.2. The summed E-state index contributed by atoms with van der Waals surface area (Å²) in [5.74, 6) is 0.209. The van der Waals surface area contributed by atoms with Gasteiger partial charge in [-0.2, -0.15) is 5.26 Å². The van der Waals surface area contributed by atoms with Crippen molar-refractivity contribution in [2.75, 3.05) is 13.4 Å². The average Bonchev–Trinajstić information content (AvgIpc) is 3.13. The molecule has 0 aromatic heterocycles. The van der Waals surface area contributed by atoms with Crippen LogP contribution in [0.4, 0.5) is 0 Å². The minimum atomic E-state index is -0.659. The fourth-order valence-corrected chi connectivity index (χ4v) is 2.48. The Morgan fingerprint density at radius 2 is 2.04 bits per heavy atom. The molecule has 7 heteroatoms. The number of fused-ring (bicyclic) bond motifs is 1. The summed E-state index contributed by atoms with van der Waals surface area (Å²) in [4.78, 5) is 24.0. The number of nitrogens with one attached hydrogen (secondary N) is 1. The number of nitriles is 1. The normalized spacial score (nSPS) is 12.8. The van der Waals surface area contributed by atoms with Gasteiger partial charge in [-0.05, 0) is 42.8 Å². The zero-order valence-electron chi connectivity index (χ0n) is 14.0.